The summed E-state index contributed by atoms with van der Waals surface area (Å²) in [6.45, 7) is 0.379. The third-order valence-electron chi connectivity index (χ3n) is 3.15. The Morgan fingerprint density at radius 3 is 2.84 bits per heavy atom. The van der Waals surface area contributed by atoms with Crippen molar-refractivity contribution in [1.82, 2.24) is 4.98 Å². The highest BCUT2D eigenvalue weighted by molar-refractivity contribution is 7.26. The predicted octanol–water partition coefficient (Wildman–Crippen LogP) is 3.13. The fourth-order valence-electron chi connectivity index (χ4n) is 2.14. The van der Waals surface area contributed by atoms with Gasteiger partial charge < -0.3 is 10.8 Å². The van der Waals surface area contributed by atoms with Crippen LogP contribution in [0, 0.1) is 0 Å². The van der Waals surface area contributed by atoms with Gasteiger partial charge in [-0.05, 0) is 29.6 Å². The van der Waals surface area contributed by atoms with Crippen LogP contribution in [-0.2, 0) is 0 Å². The Balaban J connectivity index is 1.93. The number of nitrogens with two attached hydrogens (primary N) is 1. The SMILES string of the molecule is NCC(c1ccccn1)C(O)c1cc2sccc2s1. The molecule has 0 bridgehead atoms. The van der Waals surface area contributed by atoms with Crippen molar-refractivity contribution in [3.63, 3.8) is 0 Å². The topological polar surface area (TPSA) is 59.1 Å². The maximum atomic E-state index is 10.5. The zero-order valence-electron chi connectivity index (χ0n) is 10.2. The number of rotatable bonds is 4. The van der Waals surface area contributed by atoms with Crippen molar-refractivity contribution in [2.75, 3.05) is 6.54 Å². The monoisotopic (exact) mass is 290 g/mol. The number of thiophene rings is 2. The third-order valence-corrected chi connectivity index (χ3v) is 5.32. The van der Waals surface area contributed by atoms with E-state index >= 15 is 0 Å². The van der Waals surface area contributed by atoms with Crippen LogP contribution < -0.4 is 5.73 Å². The second-order valence-corrected chi connectivity index (χ2v) is 6.40. The second kappa shape index (κ2) is 5.38. The molecule has 0 aliphatic carbocycles. The number of aromatic nitrogens is 1. The number of aliphatic hydroxyl groups excluding tert-OH is 1. The molecule has 0 fully saturated rings. The van der Waals surface area contributed by atoms with E-state index in [2.05, 4.69) is 22.5 Å². The van der Waals surface area contributed by atoms with Gasteiger partial charge in [-0.25, -0.2) is 0 Å². The van der Waals surface area contributed by atoms with Crippen LogP contribution in [0.4, 0.5) is 0 Å². The summed E-state index contributed by atoms with van der Waals surface area (Å²) >= 11 is 3.32. The standard InChI is InChI=1S/C14H14N2OS2/c15-8-9(10-3-1-2-5-16-10)14(17)13-7-12-11(19-13)4-6-18-12/h1-7,9,14,17H,8,15H2. The minimum Gasteiger partial charge on any atom is -0.387 e. The highest BCUT2D eigenvalue weighted by Gasteiger charge is 2.24. The van der Waals surface area contributed by atoms with Crippen LogP contribution in [-0.4, -0.2) is 16.6 Å². The van der Waals surface area contributed by atoms with Crippen LogP contribution >= 0.6 is 22.7 Å². The van der Waals surface area contributed by atoms with Crippen molar-refractivity contribution in [2.45, 2.75) is 12.0 Å². The van der Waals surface area contributed by atoms with E-state index in [-0.39, 0.29) is 5.92 Å². The minimum absolute atomic E-state index is 0.158. The van der Waals surface area contributed by atoms with Crippen molar-refractivity contribution in [1.29, 1.82) is 0 Å². The lowest BCUT2D eigenvalue weighted by molar-refractivity contribution is 0.149. The Kier molecular flexibility index (Phi) is 3.61. The molecule has 3 nitrogen and oxygen atoms in total. The molecule has 3 aromatic heterocycles. The van der Waals surface area contributed by atoms with Gasteiger partial charge in [-0.1, -0.05) is 6.07 Å². The average Bonchev–Trinajstić information content (AvgIpc) is 3.01. The molecule has 5 heteroatoms. The van der Waals surface area contributed by atoms with Crippen LogP contribution in [0.25, 0.3) is 9.40 Å². The number of aliphatic hydroxyl groups is 1. The number of nitrogens with zero attached hydrogens (tertiary/aromatic N) is 1. The number of pyridine rings is 1. The third kappa shape index (κ3) is 2.42. The number of hydrogen-bond acceptors (Lipinski definition) is 5. The minimum atomic E-state index is -0.593. The Morgan fingerprint density at radius 1 is 1.26 bits per heavy atom. The maximum Gasteiger partial charge on any atom is 0.0978 e. The first-order chi connectivity index (χ1) is 9.29. The van der Waals surface area contributed by atoms with Gasteiger partial charge in [-0.2, -0.15) is 0 Å². The molecule has 0 amide bonds. The van der Waals surface area contributed by atoms with Gasteiger partial charge in [-0.15, -0.1) is 22.7 Å². The summed E-state index contributed by atoms with van der Waals surface area (Å²) < 4.78 is 2.44. The van der Waals surface area contributed by atoms with E-state index in [9.17, 15) is 5.11 Å². The molecule has 2 atom stereocenters. The van der Waals surface area contributed by atoms with E-state index in [0.29, 0.717) is 6.54 Å². The first kappa shape index (κ1) is 12.7. The van der Waals surface area contributed by atoms with Gasteiger partial charge in [0.2, 0.25) is 0 Å². The highest BCUT2D eigenvalue weighted by atomic mass is 32.1. The van der Waals surface area contributed by atoms with Gasteiger partial charge >= 0.3 is 0 Å². The van der Waals surface area contributed by atoms with Crippen molar-refractivity contribution in [3.05, 3.63) is 52.5 Å². The first-order valence-corrected chi connectivity index (χ1v) is 7.75. The molecule has 0 saturated heterocycles. The summed E-state index contributed by atoms with van der Waals surface area (Å²) in [5.41, 5.74) is 6.66. The van der Waals surface area contributed by atoms with Gasteiger partial charge in [0.1, 0.15) is 0 Å². The van der Waals surface area contributed by atoms with Crippen molar-refractivity contribution < 1.29 is 5.11 Å². The summed E-state index contributed by atoms with van der Waals surface area (Å²) in [5, 5.41) is 12.6. The van der Waals surface area contributed by atoms with Gasteiger partial charge in [0, 0.05) is 38.6 Å². The summed E-state index contributed by atoms with van der Waals surface area (Å²) in [6, 6.07) is 9.84. The summed E-state index contributed by atoms with van der Waals surface area (Å²) in [5.74, 6) is -0.158. The van der Waals surface area contributed by atoms with Crippen molar-refractivity contribution in [3.8, 4) is 0 Å². The van der Waals surface area contributed by atoms with Crippen LogP contribution in [0.3, 0.4) is 0 Å². The molecule has 3 N–H and O–H groups in total. The maximum absolute atomic E-state index is 10.5. The lowest BCUT2D eigenvalue weighted by Gasteiger charge is -2.19. The summed E-state index contributed by atoms with van der Waals surface area (Å²) in [6.07, 6.45) is 1.14. The molecule has 0 aliphatic rings. The zero-order chi connectivity index (χ0) is 13.2. The van der Waals surface area contributed by atoms with Gasteiger partial charge in [0.05, 0.1) is 6.10 Å². The van der Waals surface area contributed by atoms with E-state index in [1.807, 2.05) is 18.2 Å². The van der Waals surface area contributed by atoms with Crippen LogP contribution in [0.2, 0.25) is 0 Å². The van der Waals surface area contributed by atoms with E-state index < -0.39 is 6.10 Å². The lowest BCUT2D eigenvalue weighted by Crippen LogP contribution is -2.20. The highest BCUT2D eigenvalue weighted by Crippen LogP contribution is 2.38. The van der Waals surface area contributed by atoms with E-state index in [4.69, 9.17) is 5.73 Å². The molecule has 19 heavy (non-hydrogen) atoms. The molecule has 98 valence electrons. The fraction of sp³-hybridized carbons (Fsp3) is 0.214. The molecule has 0 aromatic carbocycles. The van der Waals surface area contributed by atoms with E-state index in [1.54, 1.807) is 28.9 Å². The molecule has 0 saturated carbocycles. The molecule has 3 aromatic rings. The molecule has 0 spiro atoms. The Labute approximate surface area is 119 Å². The summed E-state index contributed by atoms with van der Waals surface area (Å²) in [7, 11) is 0. The van der Waals surface area contributed by atoms with E-state index in [0.717, 1.165) is 10.6 Å². The molecule has 2 unspecified atom stereocenters. The Hall–Kier alpha value is -1.27. The zero-order valence-corrected chi connectivity index (χ0v) is 11.8. The van der Waals surface area contributed by atoms with Crippen molar-refractivity contribution >= 4 is 32.1 Å². The summed E-state index contributed by atoms with van der Waals surface area (Å²) in [4.78, 5) is 5.27. The number of hydrogen-bond donors (Lipinski definition) is 2. The van der Waals surface area contributed by atoms with Crippen LogP contribution in [0.1, 0.15) is 22.6 Å². The molecule has 0 radical (unpaired) electrons. The normalized spacial score (nSPS) is 14.6. The van der Waals surface area contributed by atoms with Crippen LogP contribution in [0.5, 0.6) is 0 Å². The Morgan fingerprint density at radius 2 is 2.16 bits per heavy atom. The number of fused-ring (bicyclic) bond motifs is 1. The smallest absolute Gasteiger partial charge is 0.0978 e. The van der Waals surface area contributed by atoms with Crippen molar-refractivity contribution in [2.24, 2.45) is 5.73 Å². The molecular formula is C14H14N2OS2. The lowest BCUT2D eigenvalue weighted by atomic mass is 9.97. The van der Waals surface area contributed by atoms with Crippen LogP contribution in [0.15, 0.2) is 41.9 Å². The fourth-order valence-corrected chi connectivity index (χ4v) is 4.31. The quantitative estimate of drug-likeness (QED) is 0.776. The second-order valence-electron chi connectivity index (χ2n) is 4.34. The van der Waals surface area contributed by atoms with Gasteiger partial charge in [0.25, 0.3) is 0 Å². The molecular weight excluding hydrogens is 276 g/mol. The first-order valence-electron chi connectivity index (χ1n) is 6.05. The van der Waals surface area contributed by atoms with E-state index in [1.165, 1.54) is 9.40 Å². The average molecular weight is 290 g/mol. The van der Waals surface area contributed by atoms with Gasteiger partial charge in [-0.3, -0.25) is 4.98 Å². The molecule has 3 rings (SSSR count). The molecule has 3 heterocycles. The molecule has 0 aliphatic heterocycles. The van der Waals surface area contributed by atoms with Gasteiger partial charge in [0.15, 0.2) is 0 Å². The predicted molar refractivity (Wildman–Crippen MR) is 80.7 cm³/mol. The largest absolute Gasteiger partial charge is 0.387 e. The Bertz CT molecular complexity index is 634.